The quantitative estimate of drug-likeness (QED) is 0.576. The molecule has 8 heteroatoms. The number of nitrogens with one attached hydrogen (secondary N) is 1. The zero-order valence-corrected chi connectivity index (χ0v) is 18.3. The fourth-order valence-electron chi connectivity index (χ4n) is 4.41. The van der Waals surface area contributed by atoms with Crippen LogP contribution in [-0.4, -0.2) is 41.4 Å². The molecule has 7 nitrogen and oxygen atoms in total. The summed E-state index contributed by atoms with van der Waals surface area (Å²) in [6.07, 6.45) is 5.08. The van der Waals surface area contributed by atoms with Crippen molar-refractivity contribution in [3.63, 3.8) is 0 Å². The van der Waals surface area contributed by atoms with Gasteiger partial charge in [0, 0.05) is 54.0 Å². The van der Waals surface area contributed by atoms with Crippen LogP contribution in [0.2, 0.25) is 0 Å². The molecule has 3 atom stereocenters. The third-order valence-corrected chi connectivity index (χ3v) is 6.12. The van der Waals surface area contributed by atoms with Crippen LogP contribution in [0.5, 0.6) is 0 Å². The molecule has 0 spiro atoms. The van der Waals surface area contributed by atoms with Crippen LogP contribution >= 0.6 is 0 Å². The summed E-state index contributed by atoms with van der Waals surface area (Å²) in [5.74, 6) is -0.323. The fraction of sp³-hybridized carbons (Fsp3) is 0.333. The second kappa shape index (κ2) is 8.52. The van der Waals surface area contributed by atoms with Crippen LogP contribution in [0.15, 0.2) is 36.8 Å². The highest BCUT2D eigenvalue weighted by molar-refractivity contribution is 6.00. The van der Waals surface area contributed by atoms with Gasteiger partial charge in [0.15, 0.2) is 5.82 Å². The Morgan fingerprint density at radius 3 is 2.75 bits per heavy atom. The number of nitrogens with two attached hydrogens (primary N) is 1. The average molecular weight is 433 g/mol. The van der Waals surface area contributed by atoms with Crippen LogP contribution in [-0.2, 0) is 4.79 Å². The molecule has 0 bridgehead atoms. The van der Waals surface area contributed by atoms with Gasteiger partial charge in [-0.1, -0.05) is 0 Å². The topological polar surface area (TPSA) is 108 Å². The van der Waals surface area contributed by atoms with Gasteiger partial charge in [-0.25, -0.2) is 9.37 Å². The maximum Gasteiger partial charge on any atom is 0.229 e. The van der Waals surface area contributed by atoms with Gasteiger partial charge >= 0.3 is 0 Å². The Morgan fingerprint density at radius 2 is 2.06 bits per heavy atom. The lowest BCUT2D eigenvalue weighted by molar-refractivity contribution is -0.117. The number of anilines is 2. The van der Waals surface area contributed by atoms with Crippen molar-refractivity contribution in [1.29, 1.82) is 5.26 Å². The number of carbonyl (C=O) groups excluding carboxylic acids is 1. The number of nitrogens with zero attached hydrogens (tertiary/aromatic N) is 4. The van der Waals surface area contributed by atoms with Crippen molar-refractivity contribution in [2.75, 3.05) is 31.7 Å². The van der Waals surface area contributed by atoms with E-state index >= 15 is 4.39 Å². The molecule has 1 aliphatic carbocycles. The van der Waals surface area contributed by atoms with E-state index in [1.807, 2.05) is 32.0 Å². The number of hydrogen-bond acceptors (Lipinski definition) is 6. The van der Waals surface area contributed by atoms with Gasteiger partial charge in [-0.3, -0.25) is 9.78 Å². The molecule has 4 rings (SSSR count). The van der Waals surface area contributed by atoms with Crippen LogP contribution in [0.1, 0.15) is 12.0 Å². The Morgan fingerprint density at radius 1 is 1.28 bits per heavy atom. The summed E-state index contributed by atoms with van der Waals surface area (Å²) in [4.78, 5) is 23.3. The van der Waals surface area contributed by atoms with E-state index in [2.05, 4.69) is 21.4 Å². The molecule has 1 amide bonds. The Labute approximate surface area is 186 Å². The number of benzene rings is 1. The highest BCUT2D eigenvalue weighted by Crippen LogP contribution is 2.49. The number of amides is 1. The number of hydrogen-bond donors (Lipinski definition) is 2. The molecule has 0 radical (unpaired) electrons. The zero-order chi connectivity index (χ0) is 23.0. The molecule has 1 aromatic carbocycles. The van der Waals surface area contributed by atoms with Gasteiger partial charge in [0.05, 0.1) is 11.8 Å². The molecular weight excluding hydrogens is 407 g/mol. The lowest BCUT2D eigenvalue weighted by Crippen LogP contribution is -2.20. The summed E-state index contributed by atoms with van der Waals surface area (Å²) in [6, 6.07) is 7.38. The summed E-state index contributed by atoms with van der Waals surface area (Å²) >= 11 is 0. The summed E-state index contributed by atoms with van der Waals surface area (Å²) in [6.45, 7) is 2.63. The van der Waals surface area contributed by atoms with E-state index in [1.54, 1.807) is 24.5 Å². The zero-order valence-electron chi connectivity index (χ0n) is 18.3. The van der Waals surface area contributed by atoms with Gasteiger partial charge in [0.1, 0.15) is 5.82 Å². The molecule has 0 unspecified atom stereocenters. The first kappa shape index (κ1) is 21.7. The van der Waals surface area contributed by atoms with Crippen molar-refractivity contribution in [2.45, 2.75) is 13.3 Å². The molecule has 1 saturated carbocycles. The van der Waals surface area contributed by atoms with E-state index < -0.39 is 5.82 Å². The van der Waals surface area contributed by atoms with E-state index in [9.17, 15) is 4.79 Å². The average Bonchev–Trinajstić information content (AvgIpc) is 3.42. The van der Waals surface area contributed by atoms with E-state index in [0.717, 1.165) is 12.1 Å². The number of rotatable bonds is 6. The number of carbonyl (C=O) groups is 1. The number of halogens is 1. The van der Waals surface area contributed by atoms with Crippen molar-refractivity contribution < 1.29 is 9.18 Å². The summed E-state index contributed by atoms with van der Waals surface area (Å²) in [5.41, 5.74) is 7.97. The maximum atomic E-state index is 15.0. The SMILES string of the molecule is Cc1ccncc1-c1cc2cc(NC(=O)[C@@H]3[C@@H](CC#N)[C@@H]3CN(C)C)ncc2c(N)c1F. The monoisotopic (exact) mass is 432 g/mol. The van der Waals surface area contributed by atoms with Gasteiger partial charge in [0.25, 0.3) is 0 Å². The van der Waals surface area contributed by atoms with E-state index in [1.165, 1.54) is 6.20 Å². The number of nitrogen functional groups attached to an aromatic ring is 1. The predicted octanol–water partition coefficient (Wildman–Crippen LogP) is 3.60. The Hall–Kier alpha value is -3.57. The molecule has 0 saturated heterocycles. The standard InChI is InChI=1S/C24H25FN6O/c1-13-5-7-28-10-17(13)16-8-14-9-20(29-11-18(14)23(27)22(16)25)30-24(32)21-15(4-6-26)19(21)12-31(2)3/h5,7-11,15,19,21H,4,12,27H2,1-3H3,(H,29,30,32)/t15-,19-,21+/m0/s1. The minimum atomic E-state index is -0.518. The van der Waals surface area contributed by atoms with Crippen LogP contribution in [0, 0.1) is 41.8 Å². The molecule has 3 N–H and O–H groups in total. The normalized spacial score (nSPS) is 19.7. The van der Waals surface area contributed by atoms with E-state index in [-0.39, 0.29) is 29.3 Å². The van der Waals surface area contributed by atoms with Gasteiger partial charge < -0.3 is 16.0 Å². The smallest absolute Gasteiger partial charge is 0.229 e. The first-order valence-corrected chi connectivity index (χ1v) is 10.4. The maximum absolute atomic E-state index is 15.0. The molecule has 1 aliphatic rings. The van der Waals surface area contributed by atoms with Crippen molar-refractivity contribution >= 4 is 28.2 Å². The molecule has 32 heavy (non-hydrogen) atoms. The van der Waals surface area contributed by atoms with Crippen LogP contribution in [0.4, 0.5) is 15.9 Å². The fourth-order valence-corrected chi connectivity index (χ4v) is 4.41. The first-order valence-electron chi connectivity index (χ1n) is 10.4. The predicted molar refractivity (Wildman–Crippen MR) is 122 cm³/mol. The Bertz CT molecular complexity index is 1240. The molecule has 0 aliphatic heterocycles. The van der Waals surface area contributed by atoms with E-state index in [0.29, 0.717) is 34.1 Å². The highest BCUT2D eigenvalue weighted by atomic mass is 19.1. The van der Waals surface area contributed by atoms with E-state index in [4.69, 9.17) is 11.0 Å². The molecular formula is C24H25FN6O. The second-order valence-electron chi connectivity index (χ2n) is 8.60. The lowest BCUT2D eigenvalue weighted by atomic mass is 9.98. The number of aromatic nitrogens is 2. The highest BCUT2D eigenvalue weighted by Gasteiger charge is 2.54. The molecule has 2 heterocycles. The third kappa shape index (κ3) is 3.99. The summed E-state index contributed by atoms with van der Waals surface area (Å²) in [7, 11) is 3.90. The van der Waals surface area contributed by atoms with Gasteiger partial charge in [-0.2, -0.15) is 5.26 Å². The van der Waals surface area contributed by atoms with Crippen molar-refractivity contribution in [2.24, 2.45) is 17.8 Å². The summed E-state index contributed by atoms with van der Waals surface area (Å²) < 4.78 is 15.0. The van der Waals surface area contributed by atoms with Crippen molar-refractivity contribution in [1.82, 2.24) is 14.9 Å². The molecule has 164 valence electrons. The largest absolute Gasteiger partial charge is 0.396 e. The Kier molecular flexibility index (Phi) is 5.76. The second-order valence-corrected chi connectivity index (χ2v) is 8.60. The molecule has 1 fully saturated rings. The minimum Gasteiger partial charge on any atom is -0.396 e. The van der Waals surface area contributed by atoms with Crippen LogP contribution in [0.25, 0.3) is 21.9 Å². The minimum absolute atomic E-state index is 0.00783. The first-order chi connectivity index (χ1) is 15.3. The number of nitriles is 1. The van der Waals surface area contributed by atoms with Crippen molar-refractivity contribution in [3.05, 3.63) is 48.2 Å². The molecule has 2 aromatic heterocycles. The van der Waals surface area contributed by atoms with Gasteiger partial charge in [0.2, 0.25) is 5.91 Å². The number of pyridine rings is 2. The van der Waals surface area contributed by atoms with Gasteiger partial charge in [-0.15, -0.1) is 0 Å². The molecule has 3 aromatic rings. The van der Waals surface area contributed by atoms with Crippen LogP contribution in [0.3, 0.4) is 0 Å². The lowest BCUT2D eigenvalue weighted by Gasteiger charge is -2.13. The number of aryl methyl sites for hydroxylation is 1. The van der Waals surface area contributed by atoms with Crippen molar-refractivity contribution in [3.8, 4) is 17.2 Å². The third-order valence-electron chi connectivity index (χ3n) is 6.12. The van der Waals surface area contributed by atoms with Crippen LogP contribution < -0.4 is 11.1 Å². The number of fused-ring (bicyclic) bond motifs is 1. The van der Waals surface area contributed by atoms with Gasteiger partial charge in [-0.05, 0) is 62.0 Å². The summed E-state index contributed by atoms with van der Waals surface area (Å²) in [5, 5.41) is 13.1. The Balaban J connectivity index is 1.64.